The molecule has 1 amide bonds. The van der Waals surface area contributed by atoms with E-state index >= 15 is 0 Å². The first-order valence-corrected chi connectivity index (χ1v) is 8.21. The first-order valence-electron chi connectivity index (χ1n) is 8.21. The second kappa shape index (κ2) is 12.5. The van der Waals surface area contributed by atoms with Crippen molar-refractivity contribution in [2.75, 3.05) is 19.8 Å². The van der Waals surface area contributed by atoms with Crippen LogP contribution in [0.3, 0.4) is 0 Å². The second-order valence-electron chi connectivity index (χ2n) is 5.77. The van der Waals surface area contributed by atoms with Crippen molar-refractivity contribution in [2.24, 2.45) is 5.92 Å². The third-order valence-corrected chi connectivity index (χ3v) is 3.36. The number of carbonyl (C=O) groups is 3. The summed E-state index contributed by atoms with van der Waals surface area (Å²) in [7, 11) is 0. The van der Waals surface area contributed by atoms with E-state index in [1.165, 1.54) is 6.92 Å². The maximum absolute atomic E-state index is 11.5. The Kier molecular flexibility index (Phi) is 11.5. The molecule has 2 unspecified atom stereocenters. The second-order valence-corrected chi connectivity index (χ2v) is 5.77. The highest BCUT2D eigenvalue weighted by Crippen LogP contribution is 2.02. The molecule has 0 radical (unpaired) electrons. The summed E-state index contributed by atoms with van der Waals surface area (Å²) >= 11 is 0. The molecule has 0 aromatic heterocycles. The number of hydrogen-bond donors (Lipinski definition) is 2. The summed E-state index contributed by atoms with van der Waals surface area (Å²) in [5, 5.41) is 12.4. The third kappa shape index (κ3) is 10.8. The van der Waals surface area contributed by atoms with Crippen molar-refractivity contribution < 1.29 is 29.0 Å². The fourth-order valence-corrected chi connectivity index (χ4v) is 1.57. The van der Waals surface area contributed by atoms with Crippen molar-refractivity contribution in [1.82, 2.24) is 5.32 Å². The van der Waals surface area contributed by atoms with Gasteiger partial charge in [-0.3, -0.25) is 9.59 Å². The highest BCUT2D eigenvalue weighted by atomic mass is 16.6. The fraction of sp³-hybridized carbons (Fsp3) is 0.706. The minimum absolute atomic E-state index is 0.00423. The van der Waals surface area contributed by atoms with E-state index in [1.807, 2.05) is 13.8 Å². The number of amides is 1. The van der Waals surface area contributed by atoms with Gasteiger partial charge in [0.1, 0.15) is 19.3 Å². The average Bonchev–Trinajstić information content (AvgIpc) is 2.56. The molecule has 2 N–H and O–H groups in total. The summed E-state index contributed by atoms with van der Waals surface area (Å²) in [6.45, 7) is 8.78. The maximum atomic E-state index is 11.5. The van der Waals surface area contributed by atoms with E-state index in [2.05, 4.69) is 11.9 Å². The largest absolute Gasteiger partial charge is 0.463 e. The van der Waals surface area contributed by atoms with E-state index in [-0.39, 0.29) is 37.0 Å². The number of unbranched alkanes of at least 4 members (excludes halogenated alkanes) is 1. The van der Waals surface area contributed by atoms with Gasteiger partial charge in [0.15, 0.2) is 0 Å². The number of aliphatic hydroxyl groups excluding tert-OH is 1. The minimum Gasteiger partial charge on any atom is -0.463 e. The summed E-state index contributed by atoms with van der Waals surface area (Å²) in [6.07, 6.45) is 1.20. The van der Waals surface area contributed by atoms with Crippen LogP contribution in [0.2, 0.25) is 0 Å². The van der Waals surface area contributed by atoms with Crippen molar-refractivity contribution in [3.8, 4) is 0 Å². The van der Waals surface area contributed by atoms with Gasteiger partial charge in [-0.1, -0.05) is 20.4 Å². The smallest absolute Gasteiger partial charge is 0.333 e. The predicted molar refractivity (Wildman–Crippen MR) is 89.1 cm³/mol. The van der Waals surface area contributed by atoms with Crippen LogP contribution in [0.1, 0.15) is 46.5 Å². The lowest BCUT2D eigenvalue weighted by molar-refractivity contribution is -0.150. The Bertz CT molecular complexity index is 435. The van der Waals surface area contributed by atoms with Gasteiger partial charge in [-0.05, 0) is 26.2 Å². The van der Waals surface area contributed by atoms with Crippen LogP contribution in [0.5, 0.6) is 0 Å². The van der Waals surface area contributed by atoms with E-state index in [4.69, 9.17) is 9.47 Å². The van der Waals surface area contributed by atoms with Crippen LogP contribution in [-0.2, 0) is 23.9 Å². The molecule has 7 nitrogen and oxygen atoms in total. The Balaban J connectivity index is 3.67. The van der Waals surface area contributed by atoms with Crippen molar-refractivity contribution in [2.45, 2.75) is 52.6 Å². The summed E-state index contributed by atoms with van der Waals surface area (Å²) < 4.78 is 9.63. The molecule has 0 saturated carbocycles. The standard InChI is InChI=1S/C17H29NO6/c1-5-13(4)16(21)18-9-7-6-8-15(20)23-10-14(19)11-24-17(22)12(2)3/h13-14,19H,2,5-11H2,1,3-4H3,(H,18,21). The fourth-order valence-electron chi connectivity index (χ4n) is 1.57. The lowest BCUT2D eigenvalue weighted by Gasteiger charge is -2.12. The molecule has 0 aromatic carbocycles. The summed E-state index contributed by atoms with van der Waals surface area (Å²) in [5.74, 6) is -1.02. The molecule has 0 aliphatic heterocycles. The van der Waals surface area contributed by atoms with Crippen molar-refractivity contribution in [1.29, 1.82) is 0 Å². The number of nitrogens with one attached hydrogen (secondary N) is 1. The van der Waals surface area contributed by atoms with Gasteiger partial charge in [-0.2, -0.15) is 0 Å². The van der Waals surface area contributed by atoms with Crippen LogP contribution in [0, 0.1) is 5.92 Å². The quantitative estimate of drug-likeness (QED) is 0.315. The number of ether oxygens (including phenoxy) is 2. The molecule has 7 heteroatoms. The summed E-state index contributed by atoms with van der Waals surface area (Å²) in [5.41, 5.74) is 0.236. The third-order valence-electron chi connectivity index (χ3n) is 3.36. The van der Waals surface area contributed by atoms with Gasteiger partial charge in [0, 0.05) is 24.5 Å². The normalized spacial score (nSPS) is 12.8. The molecule has 2 atom stereocenters. The molecule has 0 bridgehead atoms. The first-order chi connectivity index (χ1) is 11.3. The summed E-state index contributed by atoms with van der Waals surface area (Å²) in [6, 6.07) is 0. The van der Waals surface area contributed by atoms with Gasteiger partial charge < -0.3 is 19.9 Å². The Morgan fingerprint density at radius 3 is 2.38 bits per heavy atom. The summed E-state index contributed by atoms with van der Waals surface area (Å²) in [4.78, 5) is 34.2. The molecule has 0 fully saturated rings. The van der Waals surface area contributed by atoms with Crippen LogP contribution in [0.25, 0.3) is 0 Å². The Morgan fingerprint density at radius 1 is 1.17 bits per heavy atom. The number of aliphatic hydroxyl groups is 1. The van der Waals surface area contributed by atoms with Gasteiger partial charge in [-0.25, -0.2) is 4.79 Å². The van der Waals surface area contributed by atoms with Crippen LogP contribution in [0.4, 0.5) is 0 Å². The molecule has 138 valence electrons. The van der Waals surface area contributed by atoms with Crippen molar-refractivity contribution in [3.63, 3.8) is 0 Å². The van der Waals surface area contributed by atoms with E-state index in [0.717, 1.165) is 6.42 Å². The average molecular weight is 343 g/mol. The molecule has 0 aliphatic carbocycles. The number of esters is 2. The minimum atomic E-state index is -1.06. The predicted octanol–water partition coefficient (Wildman–Crippen LogP) is 1.34. The van der Waals surface area contributed by atoms with Gasteiger partial charge in [0.2, 0.25) is 5.91 Å². The number of carbonyl (C=O) groups excluding carboxylic acids is 3. The molecule has 0 rings (SSSR count). The number of hydrogen-bond acceptors (Lipinski definition) is 6. The van der Waals surface area contributed by atoms with Crippen LogP contribution in [-0.4, -0.2) is 48.8 Å². The van der Waals surface area contributed by atoms with Crippen LogP contribution >= 0.6 is 0 Å². The molecular formula is C17H29NO6. The molecular weight excluding hydrogens is 314 g/mol. The zero-order chi connectivity index (χ0) is 18.5. The zero-order valence-electron chi connectivity index (χ0n) is 14.8. The van der Waals surface area contributed by atoms with Crippen LogP contribution < -0.4 is 5.32 Å². The monoisotopic (exact) mass is 343 g/mol. The van der Waals surface area contributed by atoms with E-state index < -0.39 is 18.0 Å². The van der Waals surface area contributed by atoms with Crippen LogP contribution in [0.15, 0.2) is 12.2 Å². The van der Waals surface area contributed by atoms with Crippen molar-refractivity contribution >= 4 is 17.8 Å². The van der Waals surface area contributed by atoms with E-state index in [0.29, 0.717) is 19.4 Å². The molecule has 0 heterocycles. The SMILES string of the molecule is C=C(C)C(=O)OCC(O)COC(=O)CCCCNC(=O)C(C)CC. The highest BCUT2D eigenvalue weighted by molar-refractivity contribution is 5.86. The molecule has 0 spiro atoms. The molecule has 0 aliphatic rings. The van der Waals surface area contributed by atoms with Gasteiger partial charge >= 0.3 is 11.9 Å². The van der Waals surface area contributed by atoms with E-state index in [1.54, 1.807) is 0 Å². The maximum Gasteiger partial charge on any atom is 0.333 e. The van der Waals surface area contributed by atoms with Gasteiger partial charge in [0.05, 0.1) is 0 Å². The van der Waals surface area contributed by atoms with Gasteiger partial charge in [-0.15, -0.1) is 0 Å². The first kappa shape index (κ1) is 22.1. The Morgan fingerprint density at radius 2 is 1.79 bits per heavy atom. The van der Waals surface area contributed by atoms with Gasteiger partial charge in [0.25, 0.3) is 0 Å². The van der Waals surface area contributed by atoms with E-state index in [9.17, 15) is 19.5 Å². The zero-order valence-corrected chi connectivity index (χ0v) is 14.8. The van der Waals surface area contributed by atoms with Crippen molar-refractivity contribution in [3.05, 3.63) is 12.2 Å². The Hall–Kier alpha value is -1.89. The molecule has 24 heavy (non-hydrogen) atoms. The topological polar surface area (TPSA) is 102 Å². The molecule has 0 saturated heterocycles. The lowest BCUT2D eigenvalue weighted by atomic mass is 10.1. The molecule has 0 aromatic rings. The number of rotatable bonds is 12. The Labute approximate surface area is 143 Å². The lowest BCUT2D eigenvalue weighted by Crippen LogP contribution is -2.29. The highest BCUT2D eigenvalue weighted by Gasteiger charge is 2.12.